The monoisotopic (exact) mass is 1390 g/mol. The lowest BCUT2D eigenvalue weighted by atomic mass is 9.99. The summed E-state index contributed by atoms with van der Waals surface area (Å²) in [6.07, 6.45) is 10.6. The lowest BCUT2D eigenvalue weighted by Crippen LogP contribution is -2.56. The molecule has 0 saturated heterocycles. The van der Waals surface area contributed by atoms with E-state index < -0.39 is 84.4 Å². The highest BCUT2D eigenvalue weighted by Gasteiger charge is 2.26. The lowest BCUT2D eigenvalue weighted by Gasteiger charge is -2.26. The van der Waals surface area contributed by atoms with E-state index in [2.05, 4.69) is 95.0 Å². The molecule has 0 aliphatic heterocycles. The first-order chi connectivity index (χ1) is 47.4. The van der Waals surface area contributed by atoms with Crippen molar-refractivity contribution in [2.45, 2.75) is 193 Å². The first-order valence-electron chi connectivity index (χ1n) is 35.2. The van der Waals surface area contributed by atoms with E-state index in [1.807, 2.05) is 116 Å². The van der Waals surface area contributed by atoms with E-state index in [9.17, 15) is 43.2 Å². The van der Waals surface area contributed by atoms with Gasteiger partial charge in [0.2, 0.25) is 5.91 Å². The second-order valence-corrected chi connectivity index (χ2v) is 26.8. The number of benzene rings is 2. The van der Waals surface area contributed by atoms with Crippen molar-refractivity contribution in [1.29, 1.82) is 0 Å². The van der Waals surface area contributed by atoms with E-state index >= 15 is 0 Å². The Balaban J connectivity index is 1.37. The molecule has 31 nitrogen and oxygen atoms in total. The van der Waals surface area contributed by atoms with Crippen LogP contribution in [0, 0.1) is 17.8 Å². The van der Waals surface area contributed by atoms with Crippen LogP contribution in [0.3, 0.4) is 0 Å². The number of H-pyrrole nitrogens is 2. The van der Waals surface area contributed by atoms with Crippen molar-refractivity contribution in [2.75, 3.05) is 65.4 Å². The minimum atomic E-state index is -0.620. The number of rotatable bonds is 45. The molecule has 0 unspecified atom stereocenters. The van der Waals surface area contributed by atoms with Gasteiger partial charge < -0.3 is 118 Å². The van der Waals surface area contributed by atoms with Crippen molar-refractivity contribution in [3.63, 3.8) is 0 Å². The van der Waals surface area contributed by atoms with E-state index in [1.54, 1.807) is 0 Å². The molecule has 17 amide bonds. The smallest absolute Gasteiger partial charge is 0.315 e. The normalized spacial score (nSPS) is 13.8. The number of primary amides is 1. The Morgan fingerprint density at radius 2 is 0.657 bits per heavy atom. The van der Waals surface area contributed by atoms with E-state index in [0.717, 1.165) is 32.9 Å². The van der Waals surface area contributed by atoms with Crippen LogP contribution in [0.25, 0.3) is 21.8 Å². The summed E-state index contributed by atoms with van der Waals surface area (Å²) in [5.41, 5.74) is 26.4. The Hall–Kier alpha value is -8.97. The maximum absolute atomic E-state index is 13.9. The average Bonchev–Trinajstić information content (AvgIpc) is 1.73. The van der Waals surface area contributed by atoms with Gasteiger partial charge in [0.05, 0.1) is 24.2 Å². The summed E-state index contributed by atoms with van der Waals surface area (Å²) in [6, 6.07) is 7.68. The van der Waals surface area contributed by atoms with E-state index in [1.165, 1.54) is 0 Å². The van der Waals surface area contributed by atoms with Crippen LogP contribution in [0.1, 0.15) is 137 Å². The molecule has 2 aromatic carbocycles. The van der Waals surface area contributed by atoms with Crippen molar-refractivity contribution in [1.82, 2.24) is 95.0 Å². The molecule has 554 valence electrons. The van der Waals surface area contributed by atoms with Gasteiger partial charge in [-0.05, 0) is 132 Å². The molecule has 8 atom stereocenters. The molecule has 0 fully saturated rings. The van der Waals surface area contributed by atoms with Crippen molar-refractivity contribution in [3.05, 3.63) is 72.1 Å². The lowest BCUT2D eigenvalue weighted by molar-refractivity contribution is -0.118. The fraction of sp³-hybridized carbons (Fsp3) is 0.632. The number of nitrogens with two attached hydrogens (primary N) is 4. The minimum absolute atomic E-state index is 0.0128. The Morgan fingerprint density at radius 3 is 0.990 bits per heavy atom. The van der Waals surface area contributed by atoms with Crippen LogP contribution in [0.5, 0.6) is 0 Å². The summed E-state index contributed by atoms with van der Waals surface area (Å²) in [6.45, 7) is 17.1. The van der Waals surface area contributed by atoms with Crippen LogP contribution in [0.15, 0.2) is 60.9 Å². The van der Waals surface area contributed by atoms with Crippen LogP contribution >= 0.6 is 0 Å². The standard InChI is InChI=1S/C68H118N22O9/c1-42(2)55(26-27-60(72)91)88-66(97)77-37-50(21-15-18-30-71)83-61(92)78-38-51(31-46-33-73-56-24-11-9-22-53(46)56)86-62(93)75-35-48(19-13-16-28-69)84-64(95)80-40-58(43(3)4)89-67(98)79-39-52(32-47-34-74-57-25-12-10-23-54(47)57)87-63(94)76-36-49(20-14-17-29-70)85-65(96)81-41-59(44(5)6)90-68(99)82-45(7)8/h9-12,22-25,33-34,42-45,48-52,55,58-59,73-74H,13-21,26-32,35-41,69-71H2,1-8H3,(H2,72,91)(H2,75,86,93)(H2,76,87,94)(H2,77,88,97)(H2,78,83,92)(H2,79,89,98)(H2,80,84,95)(H2,81,85,96)(H2,82,90,99)/t48-,49-,50-,51-,52-,55+,58+,59+/m0/s1/i90+1. The number of urea groups is 8. The summed E-state index contributed by atoms with van der Waals surface area (Å²) in [7, 11) is 0. The second kappa shape index (κ2) is 45.6. The van der Waals surface area contributed by atoms with Gasteiger partial charge in [-0.2, -0.15) is 0 Å². The molecule has 0 aliphatic rings. The van der Waals surface area contributed by atoms with Crippen LogP contribution in [-0.2, 0) is 17.6 Å². The molecule has 4 aromatic rings. The number of aromatic nitrogens is 2. The van der Waals surface area contributed by atoms with Gasteiger partial charge in [-0.15, -0.1) is 0 Å². The molecule has 31 heteroatoms. The molecular weight excluding hydrogens is 1270 g/mol. The van der Waals surface area contributed by atoms with E-state index in [-0.39, 0.29) is 94.1 Å². The molecular formula is C68H118N22O9. The predicted octanol–water partition coefficient (Wildman–Crippen LogP) is 3.81. The third-order valence-electron chi connectivity index (χ3n) is 17.0. The number of fused-ring (bicyclic) bond motifs is 2. The quantitative estimate of drug-likeness (QED) is 0.0222. The van der Waals surface area contributed by atoms with Crippen LogP contribution < -0.4 is 108 Å². The summed E-state index contributed by atoms with van der Waals surface area (Å²) in [5.74, 6) is -0.542. The fourth-order valence-electron chi connectivity index (χ4n) is 11.1. The van der Waals surface area contributed by atoms with E-state index in [0.29, 0.717) is 96.7 Å². The van der Waals surface area contributed by atoms with Gasteiger partial charge in [0.1, 0.15) is 0 Å². The highest BCUT2D eigenvalue weighted by atomic mass is 16.2. The number of unbranched alkanes of at least 4 members (excludes halogenated alkanes) is 3. The topological polar surface area (TPSA) is 482 Å². The molecule has 2 aromatic heterocycles. The molecule has 99 heavy (non-hydrogen) atoms. The SMILES string of the molecule is CC(C)NC(=O)[15NH][C@H](CNC(=O)N[C@@H](CCCCN)CNC(=O)N[C@H](CNC(=O)N[C@H](CNC(=O)N[C@@H](CCCCN)CNC(=O)N[C@H](CNC(=O)N[C@@H](CCCCN)CNC(=O)N[C@H](CCC(N)=O)C(C)C)Cc1c[nH]c2ccccc12)C(C)C)Cc1c[nH]c2ccccc12)C(C)C. The fourth-order valence-corrected chi connectivity index (χ4v) is 11.1. The Kier molecular flexibility index (Phi) is 38.0. The summed E-state index contributed by atoms with van der Waals surface area (Å²) < 4.78 is 0. The van der Waals surface area contributed by atoms with Crippen molar-refractivity contribution >= 4 is 76.0 Å². The third kappa shape index (κ3) is 33.4. The molecule has 2 heterocycles. The van der Waals surface area contributed by atoms with E-state index in [4.69, 9.17) is 22.9 Å². The number of aromatic amines is 2. The Bertz CT molecular complexity index is 3090. The number of para-hydroxylation sites is 2. The summed E-state index contributed by atoms with van der Waals surface area (Å²) >= 11 is 0. The van der Waals surface area contributed by atoms with Gasteiger partial charge in [-0.3, -0.25) is 4.79 Å². The number of hydrogen-bond donors (Lipinski definition) is 22. The molecule has 0 aliphatic carbocycles. The first-order valence-corrected chi connectivity index (χ1v) is 35.2. The maximum atomic E-state index is 13.9. The molecule has 0 saturated carbocycles. The predicted molar refractivity (Wildman–Crippen MR) is 389 cm³/mol. The van der Waals surface area contributed by atoms with Gasteiger partial charge in [0.15, 0.2) is 0 Å². The molecule has 26 N–H and O–H groups in total. The highest BCUT2D eigenvalue weighted by Crippen LogP contribution is 2.21. The second-order valence-electron chi connectivity index (χ2n) is 26.8. The summed E-state index contributed by atoms with van der Waals surface area (Å²) in [4.78, 5) is 126. The summed E-state index contributed by atoms with van der Waals surface area (Å²) in [5, 5.41) is 48.7. The largest absolute Gasteiger partial charge is 0.370 e. The first kappa shape index (κ1) is 82.5. The zero-order chi connectivity index (χ0) is 72.7. The van der Waals surface area contributed by atoms with Crippen molar-refractivity contribution < 1.29 is 43.2 Å². The van der Waals surface area contributed by atoms with Crippen LogP contribution in [0.4, 0.5) is 38.4 Å². The Morgan fingerprint density at radius 1 is 0.354 bits per heavy atom. The van der Waals surface area contributed by atoms with Gasteiger partial charge in [0.25, 0.3) is 0 Å². The van der Waals surface area contributed by atoms with Crippen molar-refractivity contribution in [3.8, 4) is 0 Å². The maximum Gasteiger partial charge on any atom is 0.315 e. The zero-order valence-corrected chi connectivity index (χ0v) is 59.4. The van der Waals surface area contributed by atoms with Gasteiger partial charge in [0, 0.05) is 117 Å². The average molecular weight is 1390 g/mol. The Labute approximate surface area is 583 Å². The zero-order valence-electron chi connectivity index (χ0n) is 59.4. The third-order valence-corrected chi connectivity index (χ3v) is 17.0. The van der Waals surface area contributed by atoms with Gasteiger partial charge in [-0.25, -0.2) is 38.4 Å². The van der Waals surface area contributed by atoms with Gasteiger partial charge in [-0.1, -0.05) is 97.2 Å². The molecule has 0 bridgehead atoms. The number of nitrogens with one attached hydrogen (secondary N) is 18. The van der Waals surface area contributed by atoms with Crippen molar-refractivity contribution in [2.24, 2.45) is 40.7 Å². The number of carbonyl (C=O) groups is 9. The minimum Gasteiger partial charge on any atom is -0.370 e. The number of carbonyl (C=O) groups excluding carboxylic acids is 9. The van der Waals surface area contributed by atoms with Crippen LogP contribution in [0.2, 0.25) is 0 Å². The molecule has 0 radical (unpaired) electrons. The van der Waals surface area contributed by atoms with Crippen LogP contribution in [-0.4, -0.2) is 184 Å². The van der Waals surface area contributed by atoms with Gasteiger partial charge >= 0.3 is 48.2 Å². The molecule has 4 rings (SSSR count). The number of amides is 17. The highest BCUT2D eigenvalue weighted by molar-refractivity contribution is 5.85. The number of hydrogen-bond acceptors (Lipinski definition) is 12. The molecule has 0 spiro atoms.